The van der Waals surface area contributed by atoms with E-state index in [-0.39, 0.29) is 5.91 Å². The highest BCUT2D eigenvalue weighted by molar-refractivity contribution is 7.99. The van der Waals surface area contributed by atoms with Gasteiger partial charge in [-0.25, -0.2) is 4.98 Å². The summed E-state index contributed by atoms with van der Waals surface area (Å²) in [5.41, 5.74) is 1.51. The van der Waals surface area contributed by atoms with Gasteiger partial charge in [-0.15, -0.1) is 0 Å². The van der Waals surface area contributed by atoms with E-state index in [1.54, 1.807) is 11.7 Å². The molecule has 0 saturated heterocycles. The summed E-state index contributed by atoms with van der Waals surface area (Å²) in [6.45, 7) is 4.67. The first-order valence-corrected chi connectivity index (χ1v) is 7.36. The molecule has 0 spiro atoms. The SMILES string of the molecule is CC(C)c1cc(C(=O)NCCSc2ncn[nH]2)n(C)n1. The number of aromatic amines is 1. The summed E-state index contributed by atoms with van der Waals surface area (Å²) < 4.78 is 1.62. The zero-order valence-corrected chi connectivity index (χ0v) is 12.6. The Labute approximate surface area is 121 Å². The molecule has 0 bridgehead atoms. The zero-order valence-electron chi connectivity index (χ0n) is 11.8. The molecule has 0 saturated carbocycles. The molecule has 7 nitrogen and oxygen atoms in total. The third kappa shape index (κ3) is 3.60. The first-order chi connectivity index (χ1) is 9.58. The van der Waals surface area contributed by atoms with Crippen molar-refractivity contribution >= 4 is 17.7 Å². The highest BCUT2D eigenvalue weighted by Gasteiger charge is 2.14. The van der Waals surface area contributed by atoms with Crippen LogP contribution in [0.2, 0.25) is 0 Å². The standard InChI is InChI=1S/C12H18N6OS/c1-8(2)9-6-10(18(3)17-9)11(19)13-4-5-20-12-14-7-15-16-12/h6-8H,4-5H2,1-3H3,(H,13,19)(H,14,15,16). The van der Waals surface area contributed by atoms with Gasteiger partial charge in [-0.2, -0.15) is 10.2 Å². The fraction of sp³-hybridized carbons (Fsp3) is 0.500. The zero-order chi connectivity index (χ0) is 14.5. The molecule has 2 rings (SSSR count). The van der Waals surface area contributed by atoms with Gasteiger partial charge in [0.2, 0.25) is 0 Å². The summed E-state index contributed by atoms with van der Waals surface area (Å²) in [5, 5.41) is 14.5. The second kappa shape index (κ2) is 6.56. The number of thioether (sulfide) groups is 1. The molecule has 0 radical (unpaired) electrons. The van der Waals surface area contributed by atoms with E-state index < -0.39 is 0 Å². The van der Waals surface area contributed by atoms with E-state index >= 15 is 0 Å². The Morgan fingerprint density at radius 3 is 2.95 bits per heavy atom. The molecule has 2 heterocycles. The molecule has 0 aromatic carbocycles. The topological polar surface area (TPSA) is 88.5 Å². The molecule has 0 aliphatic carbocycles. The summed E-state index contributed by atoms with van der Waals surface area (Å²) in [6, 6.07) is 1.84. The number of aromatic nitrogens is 5. The van der Waals surface area contributed by atoms with Crippen LogP contribution in [0.4, 0.5) is 0 Å². The van der Waals surface area contributed by atoms with Crippen molar-refractivity contribution in [1.82, 2.24) is 30.3 Å². The van der Waals surface area contributed by atoms with Crippen LogP contribution < -0.4 is 5.32 Å². The number of carbonyl (C=O) groups is 1. The van der Waals surface area contributed by atoms with E-state index in [9.17, 15) is 4.79 Å². The molecule has 2 N–H and O–H groups in total. The molecule has 20 heavy (non-hydrogen) atoms. The molecule has 1 amide bonds. The van der Waals surface area contributed by atoms with Crippen LogP contribution in [0.3, 0.4) is 0 Å². The van der Waals surface area contributed by atoms with E-state index in [4.69, 9.17) is 0 Å². The Kier molecular flexibility index (Phi) is 4.78. The van der Waals surface area contributed by atoms with Crippen molar-refractivity contribution in [3.05, 3.63) is 23.8 Å². The van der Waals surface area contributed by atoms with E-state index in [1.807, 2.05) is 6.07 Å². The van der Waals surface area contributed by atoms with Crippen molar-refractivity contribution in [2.24, 2.45) is 7.05 Å². The van der Waals surface area contributed by atoms with Gasteiger partial charge in [0.15, 0.2) is 5.16 Å². The smallest absolute Gasteiger partial charge is 0.269 e. The lowest BCUT2D eigenvalue weighted by Gasteiger charge is -2.03. The molecule has 0 aliphatic rings. The van der Waals surface area contributed by atoms with Gasteiger partial charge >= 0.3 is 0 Å². The molecule has 0 fully saturated rings. The number of nitrogens with one attached hydrogen (secondary N) is 2. The maximum Gasteiger partial charge on any atom is 0.269 e. The molecule has 0 unspecified atom stereocenters. The van der Waals surface area contributed by atoms with Gasteiger partial charge in [0.1, 0.15) is 12.0 Å². The van der Waals surface area contributed by atoms with E-state index in [1.165, 1.54) is 18.1 Å². The van der Waals surface area contributed by atoms with Gasteiger partial charge in [0.25, 0.3) is 5.91 Å². The van der Waals surface area contributed by atoms with Gasteiger partial charge in [0.05, 0.1) is 5.69 Å². The van der Waals surface area contributed by atoms with Crippen LogP contribution in [0, 0.1) is 0 Å². The highest BCUT2D eigenvalue weighted by Crippen LogP contribution is 2.14. The van der Waals surface area contributed by atoms with Crippen molar-refractivity contribution in [3.8, 4) is 0 Å². The monoisotopic (exact) mass is 294 g/mol. The number of rotatable bonds is 6. The fourth-order valence-corrected chi connectivity index (χ4v) is 2.29. The predicted octanol–water partition coefficient (Wildman–Crippen LogP) is 1.18. The lowest BCUT2D eigenvalue weighted by Crippen LogP contribution is -2.27. The van der Waals surface area contributed by atoms with Crippen molar-refractivity contribution in [1.29, 1.82) is 0 Å². The minimum atomic E-state index is -0.106. The average Bonchev–Trinajstić information content (AvgIpc) is 3.03. The second-order valence-electron chi connectivity index (χ2n) is 4.63. The molecule has 2 aromatic rings. The molecule has 0 aliphatic heterocycles. The number of carbonyl (C=O) groups excluding carboxylic acids is 1. The fourth-order valence-electron chi connectivity index (χ4n) is 1.65. The minimum Gasteiger partial charge on any atom is -0.350 e. The number of H-pyrrole nitrogens is 1. The Morgan fingerprint density at radius 1 is 1.55 bits per heavy atom. The maximum absolute atomic E-state index is 12.0. The first-order valence-electron chi connectivity index (χ1n) is 6.38. The van der Waals surface area contributed by atoms with Gasteiger partial charge in [0, 0.05) is 19.3 Å². The third-order valence-electron chi connectivity index (χ3n) is 2.74. The Hall–Kier alpha value is -1.83. The van der Waals surface area contributed by atoms with E-state index in [0.717, 1.165) is 16.6 Å². The molecule has 8 heteroatoms. The predicted molar refractivity (Wildman–Crippen MR) is 76.7 cm³/mol. The highest BCUT2D eigenvalue weighted by atomic mass is 32.2. The number of hydrogen-bond donors (Lipinski definition) is 2. The van der Waals surface area contributed by atoms with Crippen LogP contribution in [0.5, 0.6) is 0 Å². The molecule has 2 aromatic heterocycles. The van der Waals surface area contributed by atoms with Gasteiger partial charge in [-0.05, 0) is 12.0 Å². The first kappa shape index (κ1) is 14.6. The van der Waals surface area contributed by atoms with Crippen LogP contribution in [-0.2, 0) is 7.05 Å². The number of hydrogen-bond acceptors (Lipinski definition) is 5. The van der Waals surface area contributed by atoms with Gasteiger partial charge in [-0.3, -0.25) is 14.6 Å². The van der Waals surface area contributed by atoms with E-state index in [2.05, 4.69) is 39.4 Å². The molecular formula is C12H18N6OS. The van der Waals surface area contributed by atoms with Crippen LogP contribution in [0.25, 0.3) is 0 Å². The average molecular weight is 294 g/mol. The summed E-state index contributed by atoms with van der Waals surface area (Å²) in [4.78, 5) is 16.0. The number of aryl methyl sites for hydroxylation is 1. The van der Waals surface area contributed by atoms with Gasteiger partial charge in [-0.1, -0.05) is 25.6 Å². The third-order valence-corrected chi connectivity index (χ3v) is 3.62. The normalized spacial score (nSPS) is 11.0. The molecule has 0 atom stereocenters. The maximum atomic E-state index is 12.0. The van der Waals surface area contributed by atoms with Crippen molar-refractivity contribution < 1.29 is 4.79 Å². The van der Waals surface area contributed by atoms with Crippen LogP contribution in [0.1, 0.15) is 35.9 Å². The second-order valence-corrected chi connectivity index (χ2v) is 5.71. The molecular weight excluding hydrogens is 276 g/mol. The molecule has 108 valence electrons. The van der Waals surface area contributed by atoms with Crippen molar-refractivity contribution in [2.75, 3.05) is 12.3 Å². The van der Waals surface area contributed by atoms with Crippen molar-refractivity contribution in [3.63, 3.8) is 0 Å². The Balaban J connectivity index is 1.82. The van der Waals surface area contributed by atoms with Crippen LogP contribution in [0.15, 0.2) is 17.6 Å². The Morgan fingerprint density at radius 2 is 2.35 bits per heavy atom. The minimum absolute atomic E-state index is 0.106. The summed E-state index contributed by atoms with van der Waals surface area (Å²) in [5.74, 6) is 0.936. The lowest BCUT2D eigenvalue weighted by atomic mass is 10.1. The summed E-state index contributed by atoms with van der Waals surface area (Å²) in [7, 11) is 1.78. The summed E-state index contributed by atoms with van der Waals surface area (Å²) >= 11 is 1.51. The van der Waals surface area contributed by atoms with Gasteiger partial charge < -0.3 is 5.32 Å². The van der Waals surface area contributed by atoms with Crippen molar-refractivity contribution in [2.45, 2.75) is 24.9 Å². The van der Waals surface area contributed by atoms with Crippen LogP contribution in [-0.4, -0.2) is 43.2 Å². The number of nitrogens with zero attached hydrogens (tertiary/aromatic N) is 4. The number of amides is 1. The summed E-state index contributed by atoms with van der Waals surface area (Å²) in [6.07, 6.45) is 1.46. The largest absolute Gasteiger partial charge is 0.350 e. The Bertz CT molecular complexity index is 563. The lowest BCUT2D eigenvalue weighted by molar-refractivity contribution is 0.0947. The quantitative estimate of drug-likeness (QED) is 0.617. The van der Waals surface area contributed by atoms with Crippen LogP contribution >= 0.6 is 11.8 Å². The van der Waals surface area contributed by atoms with E-state index in [0.29, 0.717) is 18.2 Å².